The molecule has 8 heteroatoms. The van der Waals surface area contributed by atoms with E-state index in [0.717, 1.165) is 17.4 Å². The van der Waals surface area contributed by atoms with E-state index in [0.29, 0.717) is 25.2 Å². The van der Waals surface area contributed by atoms with Crippen molar-refractivity contribution in [2.75, 3.05) is 20.3 Å². The number of methoxy groups -OCH3 is 1. The van der Waals surface area contributed by atoms with Crippen molar-refractivity contribution in [1.82, 2.24) is 0 Å². The van der Waals surface area contributed by atoms with Crippen molar-refractivity contribution >= 4 is 14.0 Å². The maximum Gasteiger partial charge on any atom is 0.338 e. The highest BCUT2D eigenvalue weighted by Crippen LogP contribution is 2.36. The molecule has 0 saturated carbocycles. The van der Waals surface area contributed by atoms with E-state index >= 15 is 0 Å². The minimum Gasteiger partial charge on any atom is -0.497 e. The summed E-state index contributed by atoms with van der Waals surface area (Å²) in [5.74, 6) is 0.370. The Labute approximate surface area is 202 Å². The van der Waals surface area contributed by atoms with Crippen LogP contribution in [0.15, 0.2) is 54.6 Å². The van der Waals surface area contributed by atoms with Crippen LogP contribution in [0.4, 0.5) is 0 Å². The molecule has 2 aliphatic heterocycles. The standard InChI is InChI=1S/C26H34O7Si/c1-28-20-12-10-19(11-13-20)26-30-17-22-24(33-26)21(32-25(27)18-8-6-5-7-9-18)16-23(31-22)29-14-15-34(2,3)4/h5-13,21-24,26H,14-17H2,1-4H3/t21-,22-,23-,24+,26-/m1/s1. The quantitative estimate of drug-likeness (QED) is 0.392. The predicted octanol–water partition coefficient (Wildman–Crippen LogP) is 4.80. The first-order valence-electron chi connectivity index (χ1n) is 11.8. The molecular formula is C26H34O7Si. The first-order chi connectivity index (χ1) is 16.3. The van der Waals surface area contributed by atoms with Crippen LogP contribution >= 0.6 is 0 Å². The second kappa shape index (κ2) is 11.0. The molecule has 0 N–H and O–H groups in total. The summed E-state index contributed by atoms with van der Waals surface area (Å²) < 4.78 is 35.7. The Morgan fingerprint density at radius 2 is 1.76 bits per heavy atom. The summed E-state index contributed by atoms with van der Waals surface area (Å²) in [5, 5.41) is 0. The van der Waals surface area contributed by atoms with E-state index in [4.69, 9.17) is 28.4 Å². The summed E-state index contributed by atoms with van der Waals surface area (Å²) in [6, 6.07) is 17.5. The molecule has 2 fully saturated rings. The molecule has 2 aliphatic rings. The summed E-state index contributed by atoms with van der Waals surface area (Å²) in [7, 11) is 0.384. The summed E-state index contributed by atoms with van der Waals surface area (Å²) in [5.41, 5.74) is 1.36. The van der Waals surface area contributed by atoms with Crippen molar-refractivity contribution in [2.24, 2.45) is 0 Å². The third kappa shape index (κ3) is 6.46. The molecule has 0 aliphatic carbocycles. The molecule has 4 rings (SSSR count). The van der Waals surface area contributed by atoms with Crippen LogP contribution < -0.4 is 4.74 Å². The van der Waals surface area contributed by atoms with Gasteiger partial charge in [0.05, 0.1) is 19.3 Å². The molecule has 7 nitrogen and oxygen atoms in total. The Morgan fingerprint density at radius 3 is 2.44 bits per heavy atom. The zero-order valence-corrected chi connectivity index (χ0v) is 21.3. The first-order valence-corrected chi connectivity index (χ1v) is 15.5. The predicted molar refractivity (Wildman–Crippen MR) is 130 cm³/mol. The molecule has 34 heavy (non-hydrogen) atoms. The lowest BCUT2D eigenvalue weighted by atomic mass is 9.99. The van der Waals surface area contributed by atoms with Crippen LogP contribution in [0.5, 0.6) is 5.75 Å². The summed E-state index contributed by atoms with van der Waals surface area (Å²) >= 11 is 0. The van der Waals surface area contributed by atoms with Crippen LogP contribution in [0.3, 0.4) is 0 Å². The fraction of sp³-hybridized carbons (Fsp3) is 0.500. The van der Waals surface area contributed by atoms with Crippen LogP contribution in [-0.4, -0.2) is 59.0 Å². The molecule has 0 aromatic heterocycles. The number of benzene rings is 2. The summed E-state index contributed by atoms with van der Waals surface area (Å²) in [6.45, 7) is 7.85. The molecule has 0 bridgehead atoms. The second-order valence-corrected chi connectivity index (χ2v) is 15.5. The maximum absolute atomic E-state index is 12.9. The van der Waals surface area contributed by atoms with Gasteiger partial charge in [-0.15, -0.1) is 0 Å². The molecule has 2 aromatic rings. The van der Waals surface area contributed by atoms with E-state index < -0.39 is 39.0 Å². The Bertz CT molecular complexity index is 928. The minimum absolute atomic E-state index is 0.314. The van der Waals surface area contributed by atoms with E-state index in [1.807, 2.05) is 42.5 Å². The average Bonchev–Trinajstić information content (AvgIpc) is 2.83. The van der Waals surface area contributed by atoms with E-state index in [-0.39, 0.29) is 5.97 Å². The molecule has 2 heterocycles. The summed E-state index contributed by atoms with van der Waals surface area (Å²) in [6.07, 6.45) is -2.04. The molecule has 2 saturated heterocycles. The highest BCUT2D eigenvalue weighted by atomic mass is 28.3. The van der Waals surface area contributed by atoms with Crippen molar-refractivity contribution in [3.05, 3.63) is 65.7 Å². The number of esters is 1. The van der Waals surface area contributed by atoms with E-state index in [1.165, 1.54) is 0 Å². The third-order valence-electron chi connectivity index (χ3n) is 5.99. The van der Waals surface area contributed by atoms with Crippen LogP contribution in [0.2, 0.25) is 25.7 Å². The smallest absolute Gasteiger partial charge is 0.338 e. The number of ether oxygens (including phenoxy) is 6. The zero-order chi connectivity index (χ0) is 24.1. The number of rotatable bonds is 8. The highest BCUT2D eigenvalue weighted by molar-refractivity contribution is 6.76. The molecule has 2 aromatic carbocycles. The van der Waals surface area contributed by atoms with Crippen molar-refractivity contribution < 1.29 is 33.2 Å². The third-order valence-corrected chi connectivity index (χ3v) is 7.69. The molecule has 5 atom stereocenters. The molecule has 0 radical (unpaired) electrons. The Kier molecular flexibility index (Phi) is 8.05. The minimum atomic E-state index is -1.24. The van der Waals surface area contributed by atoms with Gasteiger partial charge in [-0.1, -0.05) is 50.0 Å². The van der Waals surface area contributed by atoms with E-state index in [1.54, 1.807) is 19.2 Å². The van der Waals surface area contributed by atoms with Gasteiger partial charge in [-0.2, -0.15) is 0 Å². The van der Waals surface area contributed by atoms with Gasteiger partial charge in [-0.05, 0) is 30.3 Å². The largest absolute Gasteiger partial charge is 0.497 e. The van der Waals surface area contributed by atoms with Gasteiger partial charge >= 0.3 is 5.97 Å². The highest BCUT2D eigenvalue weighted by Gasteiger charge is 2.46. The van der Waals surface area contributed by atoms with Crippen molar-refractivity contribution in [3.63, 3.8) is 0 Å². The molecule has 0 unspecified atom stereocenters. The number of hydrogen-bond donors (Lipinski definition) is 0. The number of hydrogen-bond acceptors (Lipinski definition) is 7. The van der Waals surface area contributed by atoms with Gasteiger partial charge in [0, 0.05) is 26.7 Å². The molecule has 0 amide bonds. The van der Waals surface area contributed by atoms with Gasteiger partial charge in [0.15, 0.2) is 12.6 Å². The van der Waals surface area contributed by atoms with Gasteiger partial charge in [-0.25, -0.2) is 4.79 Å². The average molecular weight is 487 g/mol. The monoisotopic (exact) mass is 486 g/mol. The van der Waals surface area contributed by atoms with Crippen molar-refractivity contribution in [3.8, 4) is 5.75 Å². The van der Waals surface area contributed by atoms with Gasteiger partial charge < -0.3 is 28.4 Å². The second-order valence-electron chi connectivity index (χ2n) is 9.87. The Morgan fingerprint density at radius 1 is 1.03 bits per heavy atom. The van der Waals surface area contributed by atoms with E-state index in [9.17, 15) is 4.79 Å². The Balaban J connectivity index is 1.47. The zero-order valence-electron chi connectivity index (χ0n) is 20.3. The van der Waals surface area contributed by atoms with Crippen LogP contribution in [0.1, 0.15) is 28.6 Å². The number of fused-ring (bicyclic) bond motifs is 1. The Hall–Kier alpha value is -2.23. The number of carbonyl (C=O) groups excluding carboxylic acids is 1. The van der Waals surface area contributed by atoms with Crippen molar-refractivity contribution in [2.45, 2.75) is 63.0 Å². The topological polar surface area (TPSA) is 72.5 Å². The first kappa shape index (κ1) is 24.9. The van der Waals surface area contributed by atoms with Gasteiger partial charge in [0.25, 0.3) is 0 Å². The summed E-state index contributed by atoms with van der Waals surface area (Å²) in [4.78, 5) is 12.9. The molecular weight excluding hydrogens is 452 g/mol. The van der Waals surface area contributed by atoms with Crippen LogP contribution in [-0.2, 0) is 23.7 Å². The lowest BCUT2D eigenvalue weighted by Gasteiger charge is -2.45. The van der Waals surface area contributed by atoms with Gasteiger partial charge in [0.1, 0.15) is 24.1 Å². The van der Waals surface area contributed by atoms with Gasteiger partial charge in [0.2, 0.25) is 0 Å². The fourth-order valence-electron chi connectivity index (χ4n) is 4.00. The van der Waals surface area contributed by atoms with Crippen LogP contribution in [0, 0.1) is 0 Å². The lowest BCUT2D eigenvalue weighted by molar-refractivity contribution is -0.336. The molecule has 184 valence electrons. The number of carbonyl (C=O) groups is 1. The van der Waals surface area contributed by atoms with Crippen LogP contribution in [0.25, 0.3) is 0 Å². The SMILES string of the molecule is COc1ccc([C@@H]2OC[C@H]3O[C@@H](OCC[Si](C)(C)C)C[C@@H](OC(=O)c4ccccc4)[C@@H]3O2)cc1. The fourth-order valence-corrected chi connectivity index (χ4v) is 4.73. The van der Waals surface area contributed by atoms with E-state index in [2.05, 4.69) is 19.6 Å². The van der Waals surface area contributed by atoms with Gasteiger partial charge in [-0.3, -0.25) is 0 Å². The maximum atomic E-state index is 12.9. The lowest BCUT2D eigenvalue weighted by Crippen LogP contribution is -2.56. The van der Waals surface area contributed by atoms with Crippen molar-refractivity contribution in [1.29, 1.82) is 0 Å². The molecule has 0 spiro atoms. The normalized spacial score (nSPS) is 27.0.